The van der Waals surface area contributed by atoms with Gasteiger partial charge in [-0.25, -0.2) is 0 Å². The Morgan fingerprint density at radius 2 is 1.83 bits per heavy atom. The third-order valence-corrected chi connectivity index (χ3v) is 7.06. The molecule has 0 bridgehead atoms. The number of amides is 2. The second-order valence-electron chi connectivity index (χ2n) is 7.84. The van der Waals surface area contributed by atoms with Crippen LogP contribution in [0.3, 0.4) is 0 Å². The van der Waals surface area contributed by atoms with Gasteiger partial charge in [-0.2, -0.15) is 0 Å². The Morgan fingerprint density at radius 3 is 2.50 bits per heavy atom. The standard InChI is InChI=1S/C23H28N2O4S/c1-28-17-7-8-18(20(15-17)29-2)19-5-3-11-25(19)22(26)16-9-12-24(13-10-16)23(27)21-6-4-14-30-21/h4,6-8,14-16,19H,3,5,9-13H2,1-2H3/t19-/m0/s1. The summed E-state index contributed by atoms with van der Waals surface area (Å²) < 4.78 is 10.9. The molecule has 0 saturated carbocycles. The van der Waals surface area contributed by atoms with Crippen LogP contribution < -0.4 is 9.47 Å². The summed E-state index contributed by atoms with van der Waals surface area (Å²) in [6.45, 7) is 2.04. The smallest absolute Gasteiger partial charge is 0.263 e. The number of nitrogens with zero attached hydrogens (tertiary/aromatic N) is 2. The molecule has 2 saturated heterocycles. The fraction of sp³-hybridized carbons (Fsp3) is 0.478. The first kappa shape index (κ1) is 20.7. The molecule has 160 valence electrons. The van der Waals surface area contributed by atoms with E-state index in [1.165, 1.54) is 11.3 Å². The quantitative estimate of drug-likeness (QED) is 0.723. The van der Waals surface area contributed by atoms with E-state index in [0.29, 0.717) is 13.1 Å². The molecule has 3 heterocycles. The van der Waals surface area contributed by atoms with Crippen LogP contribution >= 0.6 is 11.3 Å². The van der Waals surface area contributed by atoms with Crippen LogP contribution in [0.25, 0.3) is 0 Å². The second-order valence-corrected chi connectivity index (χ2v) is 8.79. The van der Waals surface area contributed by atoms with Gasteiger partial charge in [0.1, 0.15) is 11.5 Å². The van der Waals surface area contributed by atoms with E-state index in [0.717, 1.165) is 54.2 Å². The van der Waals surface area contributed by atoms with E-state index in [4.69, 9.17) is 9.47 Å². The molecule has 6 nitrogen and oxygen atoms in total. The fourth-order valence-electron chi connectivity index (χ4n) is 4.57. The summed E-state index contributed by atoms with van der Waals surface area (Å²) in [7, 11) is 3.29. The number of benzene rings is 1. The largest absolute Gasteiger partial charge is 0.497 e. The summed E-state index contributed by atoms with van der Waals surface area (Å²) in [5, 5.41) is 1.92. The summed E-state index contributed by atoms with van der Waals surface area (Å²) in [6, 6.07) is 9.61. The fourth-order valence-corrected chi connectivity index (χ4v) is 5.26. The zero-order valence-corrected chi connectivity index (χ0v) is 18.3. The van der Waals surface area contributed by atoms with Gasteiger partial charge >= 0.3 is 0 Å². The maximum Gasteiger partial charge on any atom is 0.263 e. The van der Waals surface area contributed by atoms with Crippen molar-refractivity contribution in [1.29, 1.82) is 0 Å². The van der Waals surface area contributed by atoms with Crippen molar-refractivity contribution in [2.75, 3.05) is 33.9 Å². The predicted octanol–water partition coefficient (Wildman–Crippen LogP) is 3.98. The summed E-state index contributed by atoms with van der Waals surface area (Å²) in [5.41, 5.74) is 1.04. The molecule has 30 heavy (non-hydrogen) atoms. The minimum atomic E-state index is -0.0257. The molecule has 2 aromatic rings. The Labute approximate surface area is 181 Å². The van der Waals surface area contributed by atoms with Gasteiger partial charge < -0.3 is 19.3 Å². The van der Waals surface area contributed by atoms with E-state index in [2.05, 4.69) is 0 Å². The Morgan fingerprint density at radius 1 is 1.03 bits per heavy atom. The summed E-state index contributed by atoms with van der Waals surface area (Å²) in [5.74, 6) is 1.77. The Bertz CT molecular complexity index is 891. The van der Waals surface area contributed by atoms with Crippen molar-refractivity contribution in [2.45, 2.75) is 31.7 Å². The lowest BCUT2D eigenvalue weighted by atomic mass is 9.94. The van der Waals surface area contributed by atoms with Crippen molar-refractivity contribution >= 4 is 23.2 Å². The minimum absolute atomic E-state index is 0.0257. The maximum absolute atomic E-state index is 13.4. The first-order valence-corrected chi connectivity index (χ1v) is 11.4. The predicted molar refractivity (Wildman–Crippen MR) is 116 cm³/mol. The molecule has 0 unspecified atom stereocenters. The number of carbonyl (C=O) groups is 2. The first-order chi connectivity index (χ1) is 14.6. The molecular weight excluding hydrogens is 400 g/mol. The molecule has 2 aliphatic heterocycles. The van der Waals surface area contributed by atoms with Crippen molar-refractivity contribution in [2.24, 2.45) is 5.92 Å². The second kappa shape index (κ2) is 9.08. The molecule has 2 fully saturated rings. The highest BCUT2D eigenvalue weighted by molar-refractivity contribution is 7.12. The van der Waals surface area contributed by atoms with E-state index in [9.17, 15) is 9.59 Å². The number of ether oxygens (including phenoxy) is 2. The van der Waals surface area contributed by atoms with E-state index < -0.39 is 0 Å². The average Bonchev–Trinajstić information content (AvgIpc) is 3.50. The summed E-state index contributed by atoms with van der Waals surface area (Å²) in [6.07, 6.45) is 3.36. The van der Waals surface area contributed by atoms with Crippen LogP contribution in [0.4, 0.5) is 0 Å². The van der Waals surface area contributed by atoms with Gasteiger partial charge in [0.05, 0.1) is 25.1 Å². The van der Waals surface area contributed by atoms with E-state index >= 15 is 0 Å². The molecule has 2 aliphatic rings. The van der Waals surface area contributed by atoms with Crippen molar-refractivity contribution in [1.82, 2.24) is 9.80 Å². The zero-order valence-electron chi connectivity index (χ0n) is 17.5. The average molecular weight is 429 g/mol. The molecule has 0 N–H and O–H groups in total. The molecule has 0 aliphatic carbocycles. The number of rotatable bonds is 5. The molecule has 1 atom stereocenters. The third kappa shape index (κ3) is 4.03. The normalized spacial score (nSPS) is 19.7. The zero-order chi connectivity index (χ0) is 21.1. The first-order valence-electron chi connectivity index (χ1n) is 10.5. The van der Waals surface area contributed by atoms with Crippen LogP contribution in [0.2, 0.25) is 0 Å². The van der Waals surface area contributed by atoms with Crippen molar-refractivity contribution < 1.29 is 19.1 Å². The molecule has 1 aromatic carbocycles. The van der Waals surface area contributed by atoms with Gasteiger partial charge in [0.2, 0.25) is 5.91 Å². The SMILES string of the molecule is COc1ccc([C@@H]2CCCN2C(=O)C2CCN(C(=O)c3cccs3)CC2)c(OC)c1. The number of thiophene rings is 1. The Hall–Kier alpha value is -2.54. The molecule has 0 spiro atoms. The van der Waals surface area contributed by atoms with Crippen LogP contribution in [0.5, 0.6) is 11.5 Å². The third-order valence-electron chi connectivity index (χ3n) is 6.20. The number of hydrogen-bond donors (Lipinski definition) is 0. The lowest BCUT2D eigenvalue weighted by Gasteiger charge is -2.35. The van der Waals surface area contributed by atoms with Crippen molar-refractivity contribution in [3.8, 4) is 11.5 Å². The Kier molecular flexibility index (Phi) is 6.27. The van der Waals surface area contributed by atoms with E-state index in [1.807, 2.05) is 45.5 Å². The van der Waals surface area contributed by atoms with Crippen LogP contribution in [0.1, 0.15) is 47.0 Å². The van der Waals surface area contributed by atoms with Gasteiger partial charge in [0.15, 0.2) is 0 Å². The van der Waals surface area contributed by atoms with Gasteiger partial charge in [-0.15, -0.1) is 11.3 Å². The minimum Gasteiger partial charge on any atom is -0.497 e. The molecule has 7 heteroatoms. The maximum atomic E-state index is 13.4. The van der Waals surface area contributed by atoms with E-state index in [-0.39, 0.29) is 23.8 Å². The van der Waals surface area contributed by atoms with Gasteiger partial charge in [0.25, 0.3) is 5.91 Å². The molecule has 2 amide bonds. The van der Waals surface area contributed by atoms with Gasteiger partial charge in [-0.3, -0.25) is 9.59 Å². The number of carbonyl (C=O) groups excluding carboxylic acids is 2. The van der Waals surface area contributed by atoms with Crippen LogP contribution in [0.15, 0.2) is 35.7 Å². The van der Waals surface area contributed by atoms with Gasteiger partial charge in [0, 0.05) is 37.2 Å². The van der Waals surface area contributed by atoms with Crippen LogP contribution in [-0.4, -0.2) is 55.5 Å². The molecule has 4 rings (SSSR count). The molecule has 0 radical (unpaired) electrons. The number of likely N-dealkylation sites (tertiary alicyclic amines) is 2. The Balaban J connectivity index is 1.43. The lowest BCUT2D eigenvalue weighted by molar-refractivity contribution is -0.137. The van der Waals surface area contributed by atoms with E-state index in [1.54, 1.807) is 14.2 Å². The number of methoxy groups -OCH3 is 2. The van der Waals surface area contributed by atoms with Crippen molar-refractivity contribution in [3.63, 3.8) is 0 Å². The topological polar surface area (TPSA) is 59.1 Å². The highest BCUT2D eigenvalue weighted by Gasteiger charge is 2.37. The number of hydrogen-bond acceptors (Lipinski definition) is 5. The summed E-state index contributed by atoms with van der Waals surface area (Å²) in [4.78, 5) is 30.6. The van der Waals surface area contributed by atoms with Crippen molar-refractivity contribution in [3.05, 3.63) is 46.2 Å². The number of piperidine rings is 1. The van der Waals surface area contributed by atoms with Gasteiger partial charge in [-0.05, 0) is 49.3 Å². The highest BCUT2D eigenvalue weighted by Crippen LogP contribution is 2.40. The van der Waals surface area contributed by atoms with Gasteiger partial charge in [-0.1, -0.05) is 6.07 Å². The van der Waals surface area contributed by atoms with Crippen LogP contribution in [-0.2, 0) is 4.79 Å². The summed E-state index contributed by atoms with van der Waals surface area (Å²) >= 11 is 1.47. The monoisotopic (exact) mass is 428 g/mol. The lowest BCUT2D eigenvalue weighted by Crippen LogP contribution is -2.44. The molecular formula is C23H28N2O4S. The van der Waals surface area contributed by atoms with Crippen LogP contribution in [0, 0.1) is 5.92 Å². The highest BCUT2D eigenvalue weighted by atomic mass is 32.1. The molecule has 1 aromatic heterocycles.